The van der Waals surface area contributed by atoms with E-state index in [0.29, 0.717) is 17.6 Å². The van der Waals surface area contributed by atoms with Crippen LogP contribution in [-0.2, 0) is 0 Å². The Morgan fingerprint density at radius 1 is 1.33 bits per heavy atom. The van der Waals surface area contributed by atoms with Crippen molar-refractivity contribution >= 4 is 12.2 Å². The molecule has 1 fully saturated rings. The lowest BCUT2D eigenvalue weighted by Crippen LogP contribution is -2.38. The Labute approximate surface area is 90.1 Å². The standard InChI is InChI=1S/C12H17NO2/c1-9-5-10(2)7-13(6-9)12-4-3-11(8-14)15-12/h3-4,8-10H,5-7H2,1-2H3. The molecule has 0 amide bonds. The van der Waals surface area contributed by atoms with E-state index in [1.54, 1.807) is 6.07 Å². The first-order valence-corrected chi connectivity index (χ1v) is 5.49. The van der Waals surface area contributed by atoms with E-state index in [2.05, 4.69) is 18.7 Å². The molecule has 3 nitrogen and oxygen atoms in total. The predicted octanol–water partition coefficient (Wildman–Crippen LogP) is 2.57. The molecule has 1 aliphatic rings. The number of carbonyl (C=O) groups excluding carboxylic acids is 1. The topological polar surface area (TPSA) is 33.5 Å². The van der Waals surface area contributed by atoms with Crippen LogP contribution in [-0.4, -0.2) is 19.4 Å². The highest BCUT2D eigenvalue weighted by Crippen LogP contribution is 2.27. The van der Waals surface area contributed by atoms with Crippen LogP contribution in [0.3, 0.4) is 0 Å². The van der Waals surface area contributed by atoms with Gasteiger partial charge in [-0.15, -0.1) is 0 Å². The zero-order valence-corrected chi connectivity index (χ0v) is 9.27. The van der Waals surface area contributed by atoms with Crippen LogP contribution in [0.15, 0.2) is 16.5 Å². The summed E-state index contributed by atoms with van der Waals surface area (Å²) in [6, 6.07) is 3.61. The second-order valence-corrected chi connectivity index (χ2v) is 4.64. The van der Waals surface area contributed by atoms with Crippen molar-refractivity contribution in [2.75, 3.05) is 18.0 Å². The average Bonchev–Trinajstić information content (AvgIpc) is 2.64. The fourth-order valence-electron chi connectivity index (χ4n) is 2.42. The fourth-order valence-corrected chi connectivity index (χ4v) is 2.42. The molecule has 0 N–H and O–H groups in total. The Morgan fingerprint density at radius 2 is 2.00 bits per heavy atom. The molecule has 3 heteroatoms. The normalized spacial score (nSPS) is 26.7. The van der Waals surface area contributed by atoms with Crippen molar-refractivity contribution in [2.24, 2.45) is 11.8 Å². The molecule has 2 heterocycles. The van der Waals surface area contributed by atoms with Crippen molar-refractivity contribution in [1.29, 1.82) is 0 Å². The van der Waals surface area contributed by atoms with Gasteiger partial charge in [-0.25, -0.2) is 0 Å². The lowest BCUT2D eigenvalue weighted by Gasteiger charge is -2.34. The van der Waals surface area contributed by atoms with Gasteiger partial charge in [-0.3, -0.25) is 4.79 Å². The maximum Gasteiger partial charge on any atom is 0.196 e. The summed E-state index contributed by atoms with van der Waals surface area (Å²) < 4.78 is 5.43. The molecule has 2 unspecified atom stereocenters. The van der Waals surface area contributed by atoms with E-state index in [-0.39, 0.29) is 0 Å². The summed E-state index contributed by atoms with van der Waals surface area (Å²) in [6.45, 7) is 6.56. The van der Waals surface area contributed by atoms with E-state index < -0.39 is 0 Å². The van der Waals surface area contributed by atoms with Crippen LogP contribution >= 0.6 is 0 Å². The highest BCUT2D eigenvalue weighted by atomic mass is 16.4. The molecule has 1 aromatic heterocycles. The Bertz CT molecular complexity index is 335. The summed E-state index contributed by atoms with van der Waals surface area (Å²) in [5.74, 6) is 2.63. The first-order chi connectivity index (χ1) is 7.19. The summed E-state index contributed by atoms with van der Waals surface area (Å²) in [5, 5.41) is 0. The summed E-state index contributed by atoms with van der Waals surface area (Å²) in [6.07, 6.45) is 2.03. The zero-order chi connectivity index (χ0) is 10.8. The van der Waals surface area contributed by atoms with Gasteiger partial charge in [0.05, 0.1) is 0 Å². The minimum Gasteiger partial charge on any atom is -0.438 e. The third-order valence-electron chi connectivity index (χ3n) is 2.91. The van der Waals surface area contributed by atoms with E-state index in [9.17, 15) is 4.79 Å². The first kappa shape index (κ1) is 10.3. The molecule has 82 valence electrons. The number of hydrogen-bond acceptors (Lipinski definition) is 3. The van der Waals surface area contributed by atoms with E-state index in [0.717, 1.165) is 25.3 Å². The molecule has 15 heavy (non-hydrogen) atoms. The molecular formula is C12H17NO2. The Kier molecular flexibility index (Phi) is 2.80. The van der Waals surface area contributed by atoms with Gasteiger partial charge in [0.25, 0.3) is 0 Å². The number of nitrogens with zero attached hydrogens (tertiary/aromatic N) is 1. The molecule has 0 radical (unpaired) electrons. The van der Waals surface area contributed by atoms with E-state index in [4.69, 9.17) is 4.42 Å². The Morgan fingerprint density at radius 3 is 2.53 bits per heavy atom. The summed E-state index contributed by atoms with van der Waals surface area (Å²) >= 11 is 0. The predicted molar refractivity (Wildman–Crippen MR) is 59.3 cm³/mol. The summed E-state index contributed by atoms with van der Waals surface area (Å²) in [5.41, 5.74) is 0. The van der Waals surface area contributed by atoms with Gasteiger partial charge in [0.2, 0.25) is 0 Å². The molecule has 0 aliphatic carbocycles. The lowest BCUT2D eigenvalue weighted by atomic mass is 9.92. The third-order valence-corrected chi connectivity index (χ3v) is 2.91. The fraction of sp³-hybridized carbons (Fsp3) is 0.583. The Balaban J connectivity index is 2.12. The van der Waals surface area contributed by atoms with Crippen LogP contribution in [0.1, 0.15) is 30.8 Å². The number of anilines is 1. The van der Waals surface area contributed by atoms with Crippen LogP contribution in [0.5, 0.6) is 0 Å². The number of furan rings is 1. The highest BCUT2D eigenvalue weighted by Gasteiger charge is 2.23. The second kappa shape index (κ2) is 4.09. The smallest absolute Gasteiger partial charge is 0.196 e. The van der Waals surface area contributed by atoms with Crippen molar-refractivity contribution in [2.45, 2.75) is 20.3 Å². The number of rotatable bonds is 2. The van der Waals surface area contributed by atoms with Crippen molar-refractivity contribution in [1.82, 2.24) is 0 Å². The van der Waals surface area contributed by atoms with Gasteiger partial charge in [0.1, 0.15) is 0 Å². The van der Waals surface area contributed by atoms with E-state index in [1.807, 2.05) is 6.07 Å². The first-order valence-electron chi connectivity index (χ1n) is 5.49. The minimum atomic E-state index is 0.413. The number of aldehydes is 1. The van der Waals surface area contributed by atoms with Crippen molar-refractivity contribution < 1.29 is 9.21 Å². The highest BCUT2D eigenvalue weighted by molar-refractivity contribution is 5.71. The van der Waals surface area contributed by atoms with Crippen molar-refractivity contribution in [3.8, 4) is 0 Å². The summed E-state index contributed by atoms with van der Waals surface area (Å²) in [4.78, 5) is 12.7. The average molecular weight is 207 g/mol. The maximum absolute atomic E-state index is 10.5. The van der Waals surface area contributed by atoms with E-state index >= 15 is 0 Å². The van der Waals surface area contributed by atoms with Crippen molar-refractivity contribution in [3.05, 3.63) is 17.9 Å². The molecule has 0 bridgehead atoms. The number of carbonyl (C=O) groups is 1. The molecule has 1 aromatic rings. The van der Waals surface area contributed by atoms with E-state index in [1.165, 1.54) is 6.42 Å². The SMILES string of the molecule is CC1CC(C)CN(c2ccc(C=O)o2)C1. The number of piperidine rings is 1. The lowest BCUT2D eigenvalue weighted by molar-refractivity contribution is 0.110. The van der Waals surface area contributed by atoms with Gasteiger partial charge < -0.3 is 9.32 Å². The van der Waals surface area contributed by atoms with Crippen molar-refractivity contribution in [3.63, 3.8) is 0 Å². The minimum absolute atomic E-state index is 0.413. The molecule has 1 aliphatic heterocycles. The van der Waals surface area contributed by atoms with Gasteiger partial charge in [-0.05, 0) is 24.3 Å². The van der Waals surface area contributed by atoms with Crippen LogP contribution in [0.4, 0.5) is 5.88 Å². The summed E-state index contributed by atoms with van der Waals surface area (Å²) in [7, 11) is 0. The second-order valence-electron chi connectivity index (χ2n) is 4.64. The quantitative estimate of drug-likeness (QED) is 0.699. The van der Waals surface area contributed by atoms with Gasteiger partial charge in [-0.2, -0.15) is 0 Å². The molecule has 0 aromatic carbocycles. The molecular weight excluding hydrogens is 190 g/mol. The Hall–Kier alpha value is -1.25. The third kappa shape index (κ3) is 2.22. The monoisotopic (exact) mass is 207 g/mol. The van der Waals surface area contributed by atoms with Crippen LogP contribution < -0.4 is 4.90 Å². The van der Waals surface area contributed by atoms with Crippen LogP contribution in [0, 0.1) is 11.8 Å². The number of hydrogen-bond donors (Lipinski definition) is 0. The van der Waals surface area contributed by atoms with Gasteiger partial charge >= 0.3 is 0 Å². The largest absolute Gasteiger partial charge is 0.438 e. The van der Waals surface area contributed by atoms with Gasteiger partial charge in [0, 0.05) is 19.2 Å². The maximum atomic E-state index is 10.5. The molecule has 1 saturated heterocycles. The van der Waals surface area contributed by atoms with Gasteiger partial charge in [-0.1, -0.05) is 13.8 Å². The molecule has 2 atom stereocenters. The molecule has 0 spiro atoms. The molecule has 2 rings (SSSR count). The van der Waals surface area contributed by atoms with Gasteiger partial charge in [0.15, 0.2) is 17.9 Å². The molecule has 0 saturated carbocycles. The van der Waals surface area contributed by atoms with Crippen LogP contribution in [0.2, 0.25) is 0 Å². The zero-order valence-electron chi connectivity index (χ0n) is 9.27. The van der Waals surface area contributed by atoms with Crippen LogP contribution in [0.25, 0.3) is 0 Å².